The molecular formula is C10H17N3O3S. The van der Waals surface area contributed by atoms with E-state index in [0.29, 0.717) is 19.0 Å². The van der Waals surface area contributed by atoms with E-state index < -0.39 is 10.0 Å². The van der Waals surface area contributed by atoms with Crippen molar-refractivity contribution in [1.82, 2.24) is 9.71 Å². The summed E-state index contributed by atoms with van der Waals surface area (Å²) in [4.78, 5) is 3.95. The summed E-state index contributed by atoms with van der Waals surface area (Å²) in [5.41, 5.74) is 0.781. The fraction of sp³-hybridized carbons (Fsp3) is 0.500. The topological polar surface area (TPSA) is 80.3 Å². The van der Waals surface area contributed by atoms with Gasteiger partial charge in [-0.15, -0.1) is 0 Å². The van der Waals surface area contributed by atoms with Gasteiger partial charge in [-0.25, -0.2) is 18.1 Å². The molecule has 1 heterocycles. The van der Waals surface area contributed by atoms with Crippen LogP contribution in [0.4, 0.5) is 5.69 Å². The predicted molar refractivity (Wildman–Crippen MR) is 66.7 cm³/mol. The SMILES string of the molecule is CCNS(=O)(=O)CCNc1ccnc(OC)c1. The van der Waals surface area contributed by atoms with Crippen molar-refractivity contribution >= 4 is 15.7 Å². The zero-order valence-electron chi connectivity index (χ0n) is 9.93. The molecule has 0 atom stereocenters. The van der Waals surface area contributed by atoms with Gasteiger partial charge in [-0.2, -0.15) is 0 Å². The van der Waals surface area contributed by atoms with Crippen molar-refractivity contribution in [2.45, 2.75) is 6.92 Å². The van der Waals surface area contributed by atoms with Gasteiger partial charge in [0.25, 0.3) is 0 Å². The largest absolute Gasteiger partial charge is 0.481 e. The van der Waals surface area contributed by atoms with Gasteiger partial charge in [0.1, 0.15) is 0 Å². The Kier molecular flexibility index (Phi) is 5.17. The fourth-order valence-corrected chi connectivity index (χ4v) is 2.21. The van der Waals surface area contributed by atoms with E-state index in [0.717, 1.165) is 5.69 Å². The van der Waals surface area contributed by atoms with Gasteiger partial charge in [0, 0.05) is 31.0 Å². The van der Waals surface area contributed by atoms with Crippen LogP contribution in [0.25, 0.3) is 0 Å². The molecule has 0 saturated carbocycles. The van der Waals surface area contributed by atoms with E-state index in [2.05, 4.69) is 15.0 Å². The number of hydrogen-bond donors (Lipinski definition) is 2. The molecule has 0 aliphatic heterocycles. The number of sulfonamides is 1. The maximum atomic E-state index is 11.4. The monoisotopic (exact) mass is 259 g/mol. The van der Waals surface area contributed by atoms with Crippen molar-refractivity contribution in [2.24, 2.45) is 0 Å². The molecule has 1 aromatic rings. The lowest BCUT2D eigenvalue weighted by Gasteiger charge is -2.08. The molecule has 0 unspecified atom stereocenters. The van der Waals surface area contributed by atoms with Gasteiger partial charge >= 0.3 is 0 Å². The van der Waals surface area contributed by atoms with Crippen LogP contribution in [-0.2, 0) is 10.0 Å². The van der Waals surface area contributed by atoms with Crippen molar-refractivity contribution in [1.29, 1.82) is 0 Å². The molecule has 0 spiro atoms. The Morgan fingerprint density at radius 2 is 2.24 bits per heavy atom. The maximum Gasteiger partial charge on any atom is 0.214 e. The smallest absolute Gasteiger partial charge is 0.214 e. The normalized spacial score (nSPS) is 11.2. The number of pyridine rings is 1. The van der Waals surface area contributed by atoms with Crippen LogP contribution >= 0.6 is 0 Å². The molecule has 0 bridgehead atoms. The molecule has 6 nitrogen and oxygen atoms in total. The molecule has 0 amide bonds. The zero-order chi connectivity index (χ0) is 12.7. The summed E-state index contributed by atoms with van der Waals surface area (Å²) in [5, 5.41) is 2.99. The third-order valence-electron chi connectivity index (χ3n) is 2.01. The minimum Gasteiger partial charge on any atom is -0.481 e. The third-order valence-corrected chi connectivity index (χ3v) is 3.48. The molecule has 2 N–H and O–H groups in total. The van der Waals surface area contributed by atoms with Crippen LogP contribution in [0.3, 0.4) is 0 Å². The standard InChI is InChI=1S/C10H17N3O3S/c1-3-13-17(14,15)7-6-11-9-4-5-12-10(8-9)16-2/h4-5,8,13H,3,6-7H2,1-2H3,(H,11,12). The number of methoxy groups -OCH3 is 1. The number of nitrogens with zero attached hydrogens (tertiary/aromatic N) is 1. The third kappa shape index (κ3) is 5.01. The van der Waals surface area contributed by atoms with Crippen molar-refractivity contribution in [3.63, 3.8) is 0 Å². The number of hydrogen-bond acceptors (Lipinski definition) is 5. The number of ether oxygens (including phenoxy) is 1. The fourth-order valence-electron chi connectivity index (χ4n) is 1.25. The molecule has 0 radical (unpaired) electrons. The van der Waals surface area contributed by atoms with Crippen LogP contribution in [0.15, 0.2) is 18.3 Å². The summed E-state index contributed by atoms with van der Waals surface area (Å²) in [6.07, 6.45) is 1.60. The van der Waals surface area contributed by atoms with Gasteiger partial charge in [-0.05, 0) is 6.07 Å². The molecule has 1 aromatic heterocycles. The van der Waals surface area contributed by atoms with Gasteiger partial charge < -0.3 is 10.1 Å². The zero-order valence-corrected chi connectivity index (χ0v) is 10.8. The van der Waals surface area contributed by atoms with Crippen molar-refractivity contribution in [2.75, 3.05) is 31.3 Å². The van der Waals surface area contributed by atoms with Crippen LogP contribution < -0.4 is 14.8 Å². The Labute approximate surface area is 101 Å². The molecule has 0 fully saturated rings. The second kappa shape index (κ2) is 6.41. The van der Waals surface area contributed by atoms with Crippen LogP contribution in [-0.4, -0.2) is 39.4 Å². The lowest BCUT2D eigenvalue weighted by atomic mass is 10.4. The van der Waals surface area contributed by atoms with Crippen LogP contribution in [0.2, 0.25) is 0 Å². The van der Waals surface area contributed by atoms with Gasteiger partial charge in [0.15, 0.2) is 0 Å². The highest BCUT2D eigenvalue weighted by Crippen LogP contribution is 2.12. The van der Waals surface area contributed by atoms with Crippen molar-refractivity contribution < 1.29 is 13.2 Å². The molecule has 0 aliphatic rings. The predicted octanol–water partition coefficient (Wildman–Crippen LogP) is 0.441. The first-order valence-electron chi connectivity index (χ1n) is 5.28. The second-order valence-electron chi connectivity index (χ2n) is 3.33. The molecule has 0 aliphatic carbocycles. The van der Waals surface area contributed by atoms with E-state index in [1.807, 2.05) is 0 Å². The Bertz CT molecular complexity index is 448. The molecule has 96 valence electrons. The minimum atomic E-state index is -3.18. The molecule has 7 heteroatoms. The van der Waals surface area contributed by atoms with E-state index in [4.69, 9.17) is 4.74 Å². The van der Waals surface area contributed by atoms with Gasteiger partial charge in [-0.3, -0.25) is 0 Å². The molecule has 17 heavy (non-hydrogen) atoms. The summed E-state index contributed by atoms with van der Waals surface area (Å²) in [6.45, 7) is 2.49. The highest BCUT2D eigenvalue weighted by molar-refractivity contribution is 7.89. The Morgan fingerprint density at radius 1 is 1.47 bits per heavy atom. The van der Waals surface area contributed by atoms with Crippen molar-refractivity contribution in [3.8, 4) is 5.88 Å². The van der Waals surface area contributed by atoms with Crippen LogP contribution in [0.5, 0.6) is 5.88 Å². The number of aromatic nitrogens is 1. The highest BCUT2D eigenvalue weighted by Gasteiger charge is 2.07. The maximum absolute atomic E-state index is 11.4. The quantitative estimate of drug-likeness (QED) is 0.742. The lowest BCUT2D eigenvalue weighted by molar-refractivity contribution is 0.398. The Balaban J connectivity index is 2.45. The van der Waals surface area contributed by atoms with E-state index in [1.54, 1.807) is 25.3 Å². The van der Waals surface area contributed by atoms with Crippen molar-refractivity contribution in [3.05, 3.63) is 18.3 Å². The summed E-state index contributed by atoms with van der Waals surface area (Å²) in [5.74, 6) is 0.524. The molecule has 0 aromatic carbocycles. The van der Waals surface area contributed by atoms with E-state index in [9.17, 15) is 8.42 Å². The average molecular weight is 259 g/mol. The van der Waals surface area contributed by atoms with E-state index >= 15 is 0 Å². The minimum absolute atomic E-state index is 0.0332. The Hall–Kier alpha value is -1.34. The first-order chi connectivity index (χ1) is 8.07. The Morgan fingerprint density at radius 3 is 2.88 bits per heavy atom. The highest BCUT2D eigenvalue weighted by atomic mass is 32.2. The van der Waals surface area contributed by atoms with Gasteiger partial charge in [-0.1, -0.05) is 6.92 Å². The van der Waals surface area contributed by atoms with Crippen LogP contribution in [0, 0.1) is 0 Å². The summed E-state index contributed by atoms with van der Waals surface area (Å²) < 4.78 is 30.1. The van der Waals surface area contributed by atoms with Gasteiger partial charge in [0.05, 0.1) is 12.9 Å². The molecule has 0 saturated heterocycles. The summed E-state index contributed by atoms with van der Waals surface area (Å²) in [6, 6.07) is 3.46. The summed E-state index contributed by atoms with van der Waals surface area (Å²) >= 11 is 0. The van der Waals surface area contributed by atoms with E-state index in [1.165, 1.54) is 7.11 Å². The van der Waals surface area contributed by atoms with E-state index in [-0.39, 0.29) is 5.75 Å². The molecular weight excluding hydrogens is 242 g/mol. The van der Waals surface area contributed by atoms with Crippen LogP contribution in [0.1, 0.15) is 6.92 Å². The number of nitrogens with one attached hydrogen (secondary N) is 2. The second-order valence-corrected chi connectivity index (χ2v) is 5.26. The van der Waals surface area contributed by atoms with Gasteiger partial charge in [0.2, 0.25) is 15.9 Å². The number of anilines is 1. The lowest BCUT2D eigenvalue weighted by Crippen LogP contribution is -2.29. The summed E-state index contributed by atoms with van der Waals surface area (Å²) in [7, 11) is -1.65. The first kappa shape index (κ1) is 13.7. The molecule has 1 rings (SSSR count). The number of rotatable bonds is 7. The first-order valence-corrected chi connectivity index (χ1v) is 6.94. The average Bonchev–Trinajstić information content (AvgIpc) is 2.29.